The Morgan fingerprint density at radius 1 is 1.21 bits per heavy atom. The van der Waals surface area contributed by atoms with Gasteiger partial charge in [0, 0.05) is 23.5 Å². The van der Waals surface area contributed by atoms with E-state index in [0.717, 1.165) is 6.41 Å². The monoisotopic (exact) mass is 284 g/mol. The van der Waals surface area contributed by atoms with E-state index >= 15 is 0 Å². The number of rotatable bonds is 9. The van der Waals surface area contributed by atoms with E-state index in [1.807, 2.05) is 13.8 Å². The van der Waals surface area contributed by atoms with Gasteiger partial charge in [-0.05, 0) is 18.2 Å². The predicted octanol–water partition coefficient (Wildman–Crippen LogP) is 4.40. The zero-order chi connectivity index (χ0) is 14.5. The van der Waals surface area contributed by atoms with Gasteiger partial charge in [-0.25, -0.2) is 0 Å². The van der Waals surface area contributed by atoms with Crippen LogP contribution in [-0.4, -0.2) is 12.5 Å². The summed E-state index contributed by atoms with van der Waals surface area (Å²) in [7, 11) is 0. The molecule has 0 saturated heterocycles. The quantitative estimate of drug-likeness (QED) is 0.660. The summed E-state index contributed by atoms with van der Waals surface area (Å²) in [4.78, 5) is 10.3. The van der Waals surface area contributed by atoms with Crippen molar-refractivity contribution in [2.45, 2.75) is 66.0 Å². The fourth-order valence-electron chi connectivity index (χ4n) is 1.94. The van der Waals surface area contributed by atoms with E-state index in [0.29, 0.717) is 12.6 Å². The van der Waals surface area contributed by atoms with Crippen molar-refractivity contribution in [1.82, 2.24) is 5.32 Å². The van der Waals surface area contributed by atoms with Gasteiger partial charge in [0.05, 0.1) is 5.69 Å². The van der Waals surface area contributed by atoms with E-state index in [-0.39, 0.29) is 0 Å². The fraction of sp³-hybridized carbons (Fsp3) is 0.667. The van der Waals surface area contributed by atoms with Crippen LogP contribution in [0.25, 0.3) is 0 Å². The van der Waals surface area contributed by atoms with Crippen LogP contribution in [0.3, 0.4) is 0 Å². The second-order valence-corrected chi connectivity index (χ2v) is 4.97. The van der Waals surface area contributed by atoms with Crippen LogP contribution < -0.4 is 10.6 Å². The Morgan fingerprint density at radius 2 is 1.84 bits per heavy atom. The molecular weight excluding hydrogens is 256 g/mol. The number of hydrogen-bond donors (Lipinski definition) is 2. The van der Waals surface area contributed by atoms with Crippen LogP contribution in [0.5, 0.6) is 0 Å². The summed E-state index contributed by atoms with van der Waals surface area (Å²) >= 11 is 1.68. The van der Waals surface area contributed by atoms with Crippen molar-refractivity contribution in [2.24, 2.45) is 0 Å². The van der Waals surface area contributed by atoms with Gasteiger partial charge < -0.3 is 10.6 Å². The molecule has 2 N–H and O–H groups in total. The largest absolute Gasteiger partial charge is 0.381 e. The average Bonchev–Trinajstić information content (AvgIpc) is 2.86. The standard InChI is InChI=1S/C13H22N2OS.C2H6/c1-3-5-12(6-4-2)15-13-9-17-8-11(13)7-14-10-16;1-2/h8-10,12,15H,3-7H2,1-2H3,(H,14,16);1-2H3. The van der Waals surface area contributed by atoms with Crippen LogP contribution in [0.15, 0.2) is 10.8 Å². The number of carbonyl (C=O) groups is 1. The molecule has 1 rings (SSSR count). The number of carbonyl (C=O) groups excluding carboxylic acids is 1. The Kier molecular flexibility index (Phi) is 11.4. The molecule has 0 aliphatic carbocycles. The Hall–Kier alpha value is -1.03. The van der Waals surface area contributed by atoms with Crippen LogP contribution in [-0.2, 0) is 11.3 Å². The first-order valence-electron chi connectivity index (χ1n) is 7.30. The summed E-state index contributed by atoms with van der Waals surface area (Å²) in [5.74, 6) is 0. The Balaban J connectivity index is 0.00000154. The topological polar surface area (TPSA) is 41.1 Å². The molecule has 19 heavy (non-hydrogen) atoms. The smallest absolute Gasteiger partial charge is 0.207 e. The first-order valence-corrected chi connectivity index (χ1v) is 8.24. The molecule has 0 aliphatic rings. The normalized spacial score (nSPS) is 9.74. The van der Waals surface area contributed by atoms with Crippen LogP contribution in [0.2, 0.25) is 0 Å². The lowest BCUT2D eigenvalue weighted by Crippen LogP contribution is -2.20. The van der Waals surface area contributed by atoms with E-state index in [4.69, 9.17) is 0 Å². The molecule has 3 nitrogen and oxygen atoms in total. The highest BCUT2D eigenvalue weighted by molar-refractivity contribution is 7.08. The Labute approximate surface area is 121 Å². The number of anilines is 1. The second kappa shape index (κ2) is 12.0. The van der Waals surface area contributed by atoms with Crippen LogP contribution in [0.1, 0.15) is 58.9 Å². The van der Waals surface area contributed by atoms with Crippen LogP contribution in [0, 0.1) is 0 Å². The maximum atomic E-state index is 10.3. The van der Waals surface area contributed by atoms with Crippen molar-refractivity contribution in [3.63, 3.8) is 0 Å². The maximum absolute atomic E-state index is 10.3. The van der Waals surface area contributed by atoms with E-state index in [1.54, 1.807) is 11.3 Å². The van der Waals surface area contributed by atoms with Gasteiger partial charge >= 0.3 is 0 Å². The van der Waals surface area contributed by atoms with E-state index in [2.05, 4.69) is 35.2 Å². The summed E-state index contributed by atoms with van der Waals surface area (Å²) < 4.78 is 0. The molecule has 0 aromatic carbocycles. The van der Waals surface area contributed by atoms with Crippen molar-refractivity contribution in [3.8, 4) is 0 Å². The summed E-state index contributed by atoms with van der Waals surface area (Å²) in [5, 5.41) is 10.5. The minimum Gasteiger partial charge on any atom is -0.381 e. The fourth-order valence-corrected chi connectivity index (χ4v) is 2.74. The molecular formula is C15H28N2OS. The van der Waals surface area contributed by atoms with Gasteiger partial charge in [0.1, 0.15) is 0 Å². The van der Waals surface area contributed by atoms with Gasteiger partial charge in [0.2, 0.25) is 6.41 Å². The molecule has 0 aliphatic heterocycles. The maximum Gasteiger partial charge on any atom is 0.207 e. The molecule has 0 fully saturated rings. The molecule has 110 valence electrons. The van der Waals surface area contributed by atoms with Gasteiger partial charge in [-0.1, -0.05) is 40.5 Å². The minimum absolute atomic E-state index is 0.551. The van der Waals surface area contributed by atoms with Crippen molar-refractivity contribution in [2.75, 3.05) is 5.32 Å². The molecule has 0 saturated carbocycles. The summed E-state index contributed by atoms with van der Waals surface area (Å²) in [6, 6.07) is 0.551. The Bertz CT molecular complexity index is 320. The molecule has 0 spiro atoms. The van der Waals surface area contributed by atoms with Gasteiger partial charge in [0.15, 0.2) is 0 Å². The highest BCUT2D eigenvalue weighted by atomic mass is 32.1. The molecule has 1 aromatic rings. The highest BCUT2D eigenvalue weighted by Crippen LogP contribution is 2.23. The molecule has 0 atom stereocenters. The zero-order valence-electron chi connectivity index (χ0n) is 12.7. The number of thiophene rings is 1. The molecule has 1 heterocycles. The summed E-state index contributed by atoms with van der Waals surface area (Å²) in [6.45, 7) is 9.04. The van der Waals surface area contributed by atoms with E-state index in [9.17, 15) is 4.79 Å². The van der Waals surface area contributed by atoms with Gasteiger partial charge in [-0.3, -0.25) is 4.79 Å². The lowest BCUT2D eigenvalue weighted by atomic mass is 10.1. The van der Waals surface area contributed by atoms with Crippen LogP contribution >= 0.6 is 11.3 Å². The molecule has 0 radical (unpaired) electrons. The zero-order valence-corrected chi connectivity index (χ0v) is 13.5. The predicted molar refractivity (Wildman–Crippen MR) is 85.8 cm³/mol. The lowest BCUT2D eigenvalue weighted by Gasteiger charge is -2.19. The molecule has 0 unspecified atom stereocenters. The Morgan fingerprint density at radius 3 is 2.37 bits per heavy atom. The third kappa shape index (κ3) is 7.21. The van der Waals surface area contributed by atoms with Gasteiger partial charge in [-0.15, -0.1) is 11.3 Å². The average molecular weight is 284 g/mol. The number of amides is 1. The first kappa shape index (κ1) is 18.0. The number of nitrogens with one attached hydrogen (secondary N) is 2. The summed E-state index contributed by atoms with van der Waals surface area (Å²) in [5.41, 5.74) is 2.36. The number of hydrogen-bond acceptors (Lipinski definition) is 3. The van der Waals surface area contributed by atoms with Crippen LogP contribution in [0.4, 0.5) is 5.69 Å². The first-order chi connectivity index (χ1) is 9.31. The SMILES string of the molecule is CC.CCCC(CCC)Nc1cscc1CNC=O. The van der Waals surface area contributed by atoms with Crippen molar-refractivity contribution < 1.29 is 4.79 Å². The second-order valence-electron chi connectivity index (χ2n) is 4.23. The molecule has 1 aromatic heterocycles. The van der Waals surface area contributed by atoms with Crippen molar-refractivity contribution >= 4 is 23.4 Å². The van der Waals surface area contributed by atoms with Gasteiger partial charge in [-0.2, -0.15) is 0 Å². The van der Waals surface area contributed by atoms with E-state index in [1.165, 1.54) is 36.9 Å². The molecule has 1 amide bonds. The highest BCUT2D eigenvalue weighted by Gasteiger charge is 2.09. The molecule has 0 bridgehead atoms. The minimum atomic E-state index is 0.551. The van der Waals surface area contributed by atoms with Gasteiger partial charge in [0.25, 0.3) is 0 Å². The van der Waals surface area contributed by atoms with E-state index < -0.39 is 0 Å². The molecule has 4 heteroatoms. The lowest BCUT2D eigenvalue weighted by molar-refractivity contribution is -0.109. The summed E-state index contributed by atoms with van der Waals surface area (Å²) in [6.07, 6.45) is 5.54. The van der Waals surface area contributed by atoms with Crippen molar-refractivity contribution in [1.29, 1.82) is 0 Å². The third-order valence-electron chi connectivity index (χ3n) is 2.75. The third-order valence-corrected chi connectivity index (χ3v) is 3.54. The van der Waals surface area contributed by atoms with Crippen molar-refractivity contribution in [3.05, 3.63) is 16.3 Å².